The Balaban J connectivity index is 1.46. The zero-order chi connectivity index (χ0) is 16.7. The van der Waals surface area contributed by atoms with Crippen LogP contribution >= 0.6 is 11.6 Å². The first-order valence-electron chi connectivity index (χ1n) is 8.35. The molecule has 1 fully saturated rings. The topological polar surface area (TPSA) is 47.4 Å². The van der Waals surface area contributed by atoms with Gasteiger partial charge in [0.2, 0.25) is 0 Å². The number of halogens is 1. The van der Waals surface area contributed by atoms with Crippen LogP contribution in [0.2, 0.25) is 5.02 Å². The summed E-state index contributed by atoms with van der Waals surface area (Å²) in [5, 5.41) is 5.02. The number of aromatic nitrogens is 2. The number of benzene rings is 1. The van der Waals surface area contributed by atoms with Crippen LogP contribution in [0.15, 0.2) is 30.6 Å². The fraction of sp³-hybridized carbons (Fsp3) is 0.444. The first-order chi connectivity index (χ1) is 11.6. The summed E-state index contributed by atoms with van der Waals surface area (Å²) in [6.45, 7) is 3.56. The van der Waals surface area contributed by atoms with Crippen LogP contribution in [-0.2, 0) is 17.8 Å². The summed E-state index contributed by atoms with van der Waals surface area (Å²) in [6.07, 6.45) is 6.07. The van der Waals surface area contributed by atoms with Gasteiger partial charge in [-0.15, -0.1) is 0 Å². The van der Waals surface area contributed by atoms with Gasteiger partial charge in [0, 0.05) is 24.2 Å². The molecule has 5 nitrogen and oxygen atoms in total. The molecular weight excluding hydrogens is 326 g/mol. The van der Waals surface area contributed by atoms with Gasteiger partial charge in [-0.1, -0.05) is 11.6 Å². The Kier molecular flexibility index (Phi) is 3.96. The highest BCUT2D eigenvalue weighted by molar-refractivity contribution is 6.30. The highest BCUT2D eigenvalue weighted by Gasteiger charge is 2.37. The third-order valence-electron chi connectivity index (χ3n) is 4.79. The summed E-state index contributed by atoms with van der Waals surface area (Å²) in [6, 6.07) is 5.72. The van der Waals surface area contributed by atoms with E-state index in [-0.39, 0.29) is 11.9 Å². The second-order valence-electron chi connectivity index (χ2n) is 6.63. The van der Waals surface area contributed by atoms with Crippen LogP contribution in [0.25, 0.3) is 0 Å². The number of rotatable bonds is 3. The van der Waals surface area contributed by atoms with Crippen molar-refractivity contribution in [3.05, 3.63) is 46.7 Å². The average molecular weight is 346 g/mol. The summed E-state index contributed by atoms with van der Waals surface area (Å²) in [5.41, 5.74) is 2.15. The molecule has 2 aliphatic rings. The lowest BCUT2D eigenvalue weighted by molar-refractivity contribution is -0.139. The van der Waals surface area contributed by atoms with Crippen LogP contribution in [0.1, 0.15) is 24.0 Å². The van der Waals surface area contributed by atoms with Gasteiger partial charge >= 0.3 is 0 Å². The van der Waals surface area contributed by atoms with Gasteiger partial charge in [-0.2, -0.15) is 5.10 Å². The minimum Gasteiger partial charge on any atom is -0.480 e. The molecule has 0 unspecified atom stereocenters. The van der Waals surface area contributed by atoms with Crippen LogP contribution in [0.5, 0.6) is 5.75 Å². The molecule has 1 aromatic heterocycles. The van der Waals surface area contributed by atoms with E-state index in [1.54, 1.807) is 6.07 Å². The summed E-state index contributed by atoms with van der Waals surface area (Å²) >= 11 is 6.03. The molecule has 1 saturated heterocycles. The Morgan fingerprint density at radius 1 is 1.46 bits per heavy atom. The van der Waals surface area contributed by atoms with Gasteiger partial charge in [0.1, 0.15) is 5.75 Å². The second-order valence-corrected chi connectivity index (χ2v) is 7.07. The Bertz CT molecular complexity index is 773. The lowest BCUT2D eigenvalue weighted by Crippen LogP contribution is -2.45. The number of carbonyl (C=O) groups excluding carboxylic acids is 1. The monoisotopic (exact) mass is 345 g/mol. The van der Waals surface area contributed by atoms with Crippen molar-refractivity contribution in [3.63, 3.8) is 0 Å². The normalized spacial score (nSPS) is 22.5. The number of fused-ring (bicyclic) bond motifs is 1. The van der Waals surface area contributed by atoms with Gasteiger partial charge in [-0.3, -0.25) is 9.48 Å². The maximum atomic E-state index is 12.9. The number of aryl methyl sites for hydroxylation is 1. The van der Waals surface area contributed by atoms with Crippen LogP contribution in [0, 0.1) is 6.92 Å². The number of carbonyl (C=O) groups is 1. The van der Waals surface area contributed by atoms with Gasteiger partial charge in [0.25, 0.3) is 5.91 Å². The third-order valence-corrected chi connectivity index (χ3v) is 5.03. The van der Waals surface area contributed by atoms with E-state index < -0.39 is 6.10 Å². The Labute approximate surface area is 146 Å². The van der Waals surface area contributed by atoms with Gasteiger partial charge in [0.05, 0.1) is 18.8 Å². The second kappa shape index (κ2) is 6.13. The standard InChI is InChI=1S/C18H20ClN3O2/c1-12-9-20-21(10-12)11-15-3-2-6-22(15)18(23)17-8-13-7-14(19)4-5-16(13)24-17/h4-5,7,9-10,15,17H,2-3,6,8,11H2,1H3/t15-,17-/m1/s1. The molecule has 1 amide bonds. The number of hydrogen-bond donors (Lipinski definition) is 0. The Morgan fingerprint density at radius 3 is 3.12 bits per heavy atom. The Hall–Kier alpha value is -2.01. The van der Waals surface area contributed by atoms with Crippen LogP contribution in [-0.4, -0.2) is 39.3 Å². The van der Waals surface area contributed by atoms with Crippen molar-refractivity contribution in [2.24, 2.45) is 0 Å². The molecule has 0 radical (unpaired) electrons. The van der Waals surface area contributed by atoms with E-state index in [2.05, 4.69) is 5.10 Å². The molecule has 2 aromatic rings. The fourth-order valence-corrected chi connectivity index (χ4v) is 3.83. The molecule has 24 heavy (non-hydrogen) atoms. The lowest BCUT2D eigenvalue weighted by atomic mass is 10.1. The SMILES string of the molecule is Cc1cnn(C[C@H]2CCCN2C(=O)[C@H]2Cc3cc(Cl)ccc3O2)c1. The molecule has 0 N–H and O–H groups in total. The van der Waals surface area contributed by atoms with E-state index in [9.17, 15) is 4.79 Å². The first kappa shape index (κ1) is 15.5. The highest BCUT2D eigenvalue weighted by Crippen LogP contribution is 2.33. The third kappa shape index (κ3) is 2.88. The summed E-state index contributed by atoms with van der Waals surface area (Å²) in [7, 11) is 0. The van der Waals surface area contributed by atoms with Gasteiger partial charge in [-0.05, 0) is 49.1 Å². The molecule has 2 aliphatic heterocycles. The molecule has 1 aromatic carbocycles. The smallest absolute Gasteiger partial charge is 0.264 e. The number of likely N-dealkylation sites (tertiary alicyclic amines) is 1. The number of hydrogen-bond acceptors (Lipinski definition) is 3. The minimum absolute atomic E-state index is 0.0775. The Morgan fingerprint density at radius 2 is 2.33 bits per heavy atom. The van der Waals surface area contributed by atoms with Crippen molar-refractivity contribution in [2.45, 2.75) is 44.9 Å². The number of nitrogens with zero attached hydrogens (tertiary/aromatic N) is 3. The molecule has 4 rings (SSSR count). The van der Waals surface area contributed by atoms with Crippen LogP contribution in [0.4, 0.5) is 0 Å². The molecule has 6 heteroatoms. The van der Waals surface area contributed by atoms with Crippen molar-refractivity contribution in [3.8, 4) is 5.75 Å². The van der Waals surface area contributed by atoms with E-state index in [4.69, 9.17) is 16.3 Å². The van der Waals surface area contributed by atoms with Crippen LogP contribution < -0.4 is 4.74 Å². The van der Waals surface area contributed by atoms with Crippen molar-refractivity contribution < 1.29 is 9.53 Å². The largest absolute Gasteiger partial charge is 0.480 e. The zero-order valence-electron chi connectivity index (χ0n) is 13.6. The van der Waals surface area contributed by atoms with E-state index in [1.807, 2.05) is 41.0 Å². The molecule has 3 heterocycles. The summed E-state index contributed by atoms with van der Waals surface area (Å²) < 4.78 is 7.79. The predicted octanol–water partition coefficient (Wildman–Crippen LogP) is 2.84. The summed E-state index contributed by atoms with van der Waals surface area (Å²) in [4.78, 5) is 14.9. The van der Waals surface area contributed by atoms with Gasteiger partial charge in [-0.25, -0.2) is 0 Å². The van der Waals surface area contributed by atoms with E-state index >= 15 is 0 Å². The van der Waals surface area contributed by atoms with E-state index in [1.165, 1.54) is 0 Å². The minimum atomic E-state index is -0.432. The van der Waals surface area contributed by atoms with Gasteiger partial charge < -0.3 is 9.64 Å². The van der Waals surface area contributed by atoms with Crippen molar-refractivity contribution in [2.75, 3.05) is 6.54 Å². The number of ether oxygens (including phenoxy) is 1. The molecule has 0 spiro atoms. The molecule has 0 saturated carbocycles. The lowest BCUT2D eigenvalue weighted by Gasteiger charge is -2.27. The van der Waals surface area contributed by atoms with E-state index in [0.29, 0.717) is 11.4 Å². The molecule has 0 bridgehead atoms. The van der Waals surface area contributed by atoms with Crippen molar-refractivity contribution in [1.29, 1.82) is 0 Å². The van der Waals surface area contributed by atoms with Crippen LogP contribution in [0.3, 0.4) is 0 Å². The first-order valence-corrected chi connectivity index (χ1v) is 8.72. The summed E-state index contributed by atoms with van der Waals surface area (Å²) in [5.74, 6) is 0.852. The number of amides is 1. The quantitative estimate of drug-likeness (QED) is 0.859. The van der Waals surface area contributed by atoms with Crippen molar-refractivity contribution in [1.82, 2.24) is 14.7 Å². The fourth-order valence-electron chi connectivity index (χ4n) is 3.64. The van der Waals surface area contributed by atoms with Gasteiger partial charge in [0.15, 0.2) is 6.10 Å². The predicted molar refractivity (Wildman–Crippen MR) is 91.3 cm³/mol. The highest BCUT2D eigenvalue weighted by atomic mass is 35.5. The van der Waals surface area contributed by atoms with E-state index in [0.717, 1.165) is 42.8 Å². The molecule has 0 aliphatic carbocycles. The average Bonchev–Trinajstić information content (AvgIpc) is 3.26. The zero-order valence-corrected chi connectivity index (χ0v) is 14.4. The molecule has 2 atom stereocenters. The maximum Gasteiger partial charge on any atom is 0.264 e. The molecular formula is C18H20ClN3O2. The van der Waals surface area contributed by atoms with Crippen molar-refractivity contribution >= 4 is 17.5 Å². The molecule has 126 valence electrons. The maximum absolute atomic E-state index is 12.9.